The van der Waals surface area contributed by atoms with Gasteiger partial charge in [-0.3, -0.25) is 10.1 Å². The number of nitrogens with one attached hydrogen (secondary N) is 1. The van der Waals surface area contributed by atoms with Crippen LogP contribution in [-0.2, 0) is 6.54 Å². The maximum Gasteiger partial charge on any atom is 0.261 e. The van der Waals surface area contributed by atoms with Gasteiger partial charge in [-0.15, -0.1) is 11.3 Å². The predicted molar refractivity (Wildman–Crippen MR) is 141 cm³/mol. The molecular weight excluding hydrogens is 454 g/mol. The van der Waals surface area contributed by atoms with Gasteiger partial charge in [-0.05, 0) is 49.7 Å². The van der Waals surface area contributed by atoms with E-state index in [1.807, 2.05) is 53.9 Å². The van der Waals surface area contributed by atoms with E-state index in [4.69, 9.17) is 9.72 Å². The zero-order chi connectivity index (χ0) is 24.2. The molecule has 0 aliphatic rings. The third-order valence-corrected chi connectivity index (χ3v) is 6.62. The molecule has 35 heavy (non-hydrogen) atoms. The highest BCUT2D eigenvalue weighted by Crippen LogP contribution is 2.31. The number of anilines is 1. The average Bonchev–Trinajstić information content (AvgIpc) is 3.45. The number of amides is 1. The van der Waals surface area contributed by atoms with Crippen molar-refractivity contribution in [1.29, 1.82) is 0 Å². The number of hydrogen-bond acceptors (Lipinski definition) is 4. The summed E-state index contributed by atoms with van der Waals surface area (Å²) >= 11 is 1.41. The van der Waals surface area contributed by atoms with Crippen LogP contribution in [0.3, 0.4) is 0 Å². The van der Waals surface area contributed by atoms with Gasteiger partial charge in [0.2, 0.25) is 0 Å². The Hall–Kier alpha value is -4.16. The second kappa shape index (κ2) is 9.99. The van der Waals surface area contributed by atoms with Crippen LogP contribution in [0.15, 0.2) is 96.4 Å². The fraction of sp³-hybridized carbons (Fsp3) is 0.103. The molecule has 5 rings (SSSR count). The highest BCUT2D eigenvalue weighted by Gasteiger charge is 2.17. The highest BCUT2D eigenvalue weighted by atomic mass is 32.1. The summed E-state index contributed by atoms with van der Waals surface area (Å²) in [5.74, 6) is 0.916. The SMILES string of the molecule is Cc1cc(-c2csc(NC(=O)c3ccccc3Oc3ccccc3)n2)c(C)n1Cc1ccccc1. The van der Waals surface area contributed by atoms with Gasteiger partial charge in [0.1, 0.15) is 11.5 Å². The molecule has 0 aliphatic heterocycles. The first-order chi connectivity index (χ1) is 17.1. The lowest BCUT2D eigenvalue weighted by Gasteiger charge is -2.10. The Labute approximate surface area is 208 Å². The lowest BCUT2D eigenvalue weighted by molar-refractivity contribution is 0.102. The second-order valence-corrected chi connectivity index (χ2v) is 9.12. The first kappa shape index (κ1) is 22.6. The van der Waals surface area contributed by atoms with Crippen molar-refractivity contribution in [2.45, 2.75) is 20.4 Å². The topological polar surface area (TPSA) is 56.1 Å². The van der Waals surface area contributed by atoms with Crippen LogP contribution in [-0.4, -0.2) is 15.5 Å². The minimum absolute atomic E-state index is 0.257. The highest BCUT2D eigenvalue weighted by molar-refractivity contribution is 7.14. The van der Waals surface area contributed by atoms with Crippen LogP contribution < -0.4 is 10.1 Å². The molecule has 0 bridgehead atoms. The van der Waals surface area contributed by atoms with E-state index in [-0.39, 0.29) is 5.91 Å². The van der Waals surface area contributed by atoms with Crippen molar-refractivity contribution in [2.24, 2.45) is 0 Å². The number of para-hydroxylation sites is 2. The average molecular weight is 480 g/mol. The Kier molecular flexibility index (Phi) is 6.46. The van der Waals surface area contributed by atoms with Crippen molar-refractivity contribution in [3.05, 3.63) is 119 Å². The summed E-state index contributed by atoms with van der Waals surface area (Å²) < 4.78 is 8.23. The standard InChI is InChI=1S/C29H25N3O2S/c1-20-17-25(21(2)32(20)18-22-11-5-3-6-12-22)26-19-35-29(30-26)31-28(33)24-15-9-10-16-27(24)34-23-13-7-4-8-14-23/h3-17,19H,18H2,1-2H3,(H,30,31,33). The van der Waals surface area contributed by atoms with Crippen molar-refractivity contribution in [2.75, 3.05) is 5.32 Å². The number of carbonyl (C=O) groups is 1. The van der Waals surface area contributed by atoms with E-state index in [0.29, 0.717) is 22.2 Å². The summed E-state index contributed by atoms with van der Waals surface area (Å²) in [5.41, 5.74) is 5.95. The summed E-state index contributed by atoms with van der Waals surface area (Å²) in [6.07, 6.45) is 0. The van der Waals surface area contributed by atoms with Crippen LogP contribution in [0.5, 0.6) is 11.5 Å². The molecule has 0 saturated heterocycles. The van der Waals surface area contributed by atoms with Gasteiger partial charge in [-0.25, -0.2) is 4.98 Å². The van der Waals surface area contributed by atoms with Crippen molar-refractivity contribution < 1.29 is 9.53 Å². The lowest BCUT2D eigenvalue weighted by Crippen LogP contribution is -2.12. The maximum atomic E-state index is 13.1. The van der Waals surface area contributed by atoms with Crippen LogP contribution in [0.1, 0.15) is 27.3 Å². The first-order valence-electron chi connectivity index (χ1n) is 11.4. The Bertz CT molecular complexity index is 1460. The maximum absolute atomic E-state index is 13.1. The number of rotatable bonds is 7. The van der Waals surface area contributed by atoms with E-state index >= 15 is 0 Å². The minimum atomic E-state index is -0.257. The third-order valence-electron chi connectivity index (χ3n) is 5.86. The summed E-state index contributed by atoms with van der Waals surface area (Å²) in [4.78, 5) is 17.8. The van der Waals surface area contributed by atoms with Gasteiger partial charge < -0.3 is 9.30 Å². The molecule has 1 N–H and O–H groups in total. The molecule has 0 radical (unpaired) electrons. The fourth-order valence-electron chi connectivity index (χ4n) is 4.05. The molecule has 5 aromatic rings. The molecule has 174 valence electrons. The van der Waals surface area contributed by atoms with Crippen LogP contribution in [0.2, 0.25) is 0 Å². The number of hydrogen-bond donors (Lipinski definition) is 1. The number of benzene rings is 3. The molecule has 2 aromatic heterocycles. The minimum Gasteiger partial charge on any atom is -0.457 e. The molecule has 3 aromatic carbocycles. The van der Waals surface area contributed by atoms with Gasteiger partial charge in [0.05, 0.1) is 11.3 Å². The number of carbonyl (C=O) groups excluding carboxylic acids is 1. The quantitative estimate of drug-likeness (QED) is 0.266. The van der Waals surface area contributed by atoms with Crippen molar-refractivity contribution in [1.82, 2.24) is 9.55 Å². The lowest BCUT2D eigenvalue weighted by atomic mass is 10.2. The van der Waals surface area contributed by atoms with Crippen LogP contribution in [0.25, 0.3) is 11.3 Å². The number of aromatic nitrogens is 2. The number of thiazole rings is 1. The van der Waals surface area contributed by atoms with E-state index < -0.39 is 0 Å². The summed E-state index contributed by atoms with van der Waals surface area (Å²) in [5, 5.41) is 5.47. The molecule has 0 aliphatic carbocycles. The van der Waals surface area contributed by atoms with Crippen molar-refractivity contribution in [3.8, 4) is 22.8 Å². The molecule has 1 amide bonds. The van der Waals surface area contributed by atoms with Gasteiger partial charge in [-0.1, -0.05) is 60.7 Å². The zero-order valence-corrected chi connectivity index (χ0v) is 20.4. The number of aryl methyl sites for hydroxylation is 1. The Balaban J connectivity index is 1.34. The Morgan fingerprint density at radius 3 is 2.40 bits per heavy atom. The van der Waals surface area contributed by atoms with Gasteiger partial charge in [0.15, 0.2) is 5.13 Å². The van der Waals surface area contributed by atoms with Gasteiger partial charge >= 0.3 is 0 Å². The molecule has 0 saturated carbocycles. The molecular formula is C29H25N3O2S. The van der Waals surface area contributed by atoms with Crippen LogP contribution in [0.4, 0.5) is 5.13 Å². The predicted octanol–water partition coefficient (Wildman–Crippen LogP) is 7.32. The molecule has 0 unspecified atom stereocenters. The van der Waals surface area contributed by atoms with Crippen LogP contribution >= 0.6 is 11.3 Å². The molecule has 0 fully saturated rings. The van der Waals surface area contributed by atoms with E-state index in [1.54, 1.807) is 12.1 Å². The Morgan fingerprint density at radius 1 is 0.943 bits per heavy atom. The monoisotopic (exact) mass is 479 g/mol. The van der Waals surface area contributed by atoms with Gasteiger partial charge in [0.25, 0.3) is 5.91 Å². The summed E-state index contributed by atoms with van der Waals surface area (Å²) in [6.45, 7) is 5.03. The first-order valence-corrected chi connectivity index (χ1v) is 12.3. The normalized spacial score (nSPS) is 10.8. The molecule has 6 heteroatoms. The third kappa shape index (κ3) is 5.03. The largest absolute Gasteiger partial charge is 0.457 e. The van der Waals surface area contributed by atoms with Gasteiger partial charge in [0, 0.05) is 28.9 Å². The van der Waals surface area contributed by atoms with E-state index in [9.17, 15) is 4.79 Å². The molecule has 0 atom stereocenters. The summed E-state index contributed by atoms with van der Waals surface area (Å²) in [6, 6.07) is 29.2. The van der Waals surface area contributed by atoms with E-state index in [0.717, 1.165) is 23.5 Å². The summed E-state index contributed by atoms with van der Waals surface area (Å²) in [7, 11) is 0. The Morgan fingerprint density at radius 2 is 1.63 bits per heavy atom. The zero-order valence-electron chi connectivity index (χ0n) is 19.6. The van der Waals surface area contributed by atoms with Crippen molar-refractivity contribution >= 4 is 22.4 Å². The fourth-order valence-corrected chi connectivity index (χ4v) is 4.75. The second-order valence-electron chi connectivity index (χ2n) is 8.26. The van der Waals surface area contributed by atoms with E-state index in [1.165, 1.54) is 22.6 Å². The molecule has 5 nitrogen and oxygen atoms in total. The van der Waals surface area contributed by atoms with Crippen LogP contribution in [0, 0.1) is 13.8 Å². The molecule has 2 heterocycles. The van der Waals surface area contributed by atoms with Crippen molar-refractivity contribution in [3.63, 3.8) is 0 Å². The number of nitrogens with zero attached hydrogens (tertiary/aromatic N) is 2. The molecule has 0 spiro atoms. The smallest absolute Gasteiger partial charge is 0.261 e. The van der Waals surface area contributed by atoms with Gasteiger partial charge in [-0.2, -0.15) is 0 Å². The number of ether oxygens (including phenoxy) is 1. The van der Waals surface area contributed by atoms with E-state index in [2.05, 4.69) is 54.1 Å².